The minimum absolute atomic E-state index is 0.640. The molecule has 14 rings (SSSR count). The summed E-state index contributed by atoms with van der Waals surface area (Å²) >= 11 is 0. The Morgan fingerprint density at radius 2 is 0.734 bits per heavy atom. The standard InChI is InChI=1S/C61H37NO2/c1-2-14-38(15-3-1)39-26-28-40(29-27-39)62(42-31-33-59-51(35-42)47-20-8-12-24-57(47)63-59)41-30-32-55-49(34-41)44-17-5-4-16-43(44)45-18-6-10-22-53(45)61(55)54-23-11-7-19-46(54)50-37-60-52(36-56(50)61)48-21-9-13-25-58(48)64-60/h1-37H. The molecule has 298 valence electrons. The Bertz CT molecular complexity index is 3860. The van der Waals surface area contributed by atoms with Gasteiger partial charge in [-0.3, -0.25) is 0 Å². The molecule has 2 aliphatic rings. The number of hydrogen-bond donors (Lipinski definition) is 0. The first-order valence-corrected chi connectivity index (χ1v) is 22.0. The molecule has 2 aliphatic carbocycles. The van der Waals surface area contributed by atoms with Crippen LogP contribution in [0.4, 0.5) is 17.1 Å². The van der Waals surface area contributed by atoms with Crippen LogP contribution in [0.1, 0.15) is 22.3 Å². The van der Waals surface area contributed by atoms with Crippen LogP contribution in [0.5, 0.6) is 0 Å². The van der Waals surface area contributed by atoms with Gasteiger partial charge in [-0.15, -0.1) is 0 Å². The van der Waals surface area contributed by atoms with E-state index >= 15 is 0 Å². The molecule has 64 heavy (non-hydrogen) atoms. The molecule has 1 spiro atoms. The molecule has 3 nitrogen and oxygen atoms in total. The van der Waals surface area contributed by atoms with Gasteiger partial charge >= 0.3 is 0 Å². The van der Waals surface area contributed by atoms with E-state index in [-0.39, 0.29) is 0 Å². The van der Waals surface area contributed by atoms with E-state index in [4.69, 9.17) is 8.83 Å². The topological polar surface area (TPSA) is 29.5 Å². The monoisotopic (exact) mass is 815 g/mol. The zero-order valence-corrected chi connectivity index (χ0v) is 34.6. The Hall–Kier alpha value is -8.40. The number of fused-ring (bicyclic) bond motifs is 18. The van der Waals surface area contributed by atoms with Crippen molar-refractivity contribution < 1.29 is 8.83 Å². The summed E-state index contributed by atoms with van der Waals surface area (Å²) in [4.78, 5) is 2.40. The number of rotatable bonds is 4. The number of para-hydroxylation sites is 2. The van der Waals surface area contributed by atoms with Crippen molar-refractivity contribution in [2.45, 2.75) is 5.41 Å². The molecule has 0 N–H and O–H groups in total. The Labute approximate surface area is 369 Å². The van der Waals surface area contributed by atoms with Crippen molar-refractivity contribution in [3.8, 4) is 44.5 Å². The van der Waals surface area contributed by atoms with Crippen molar-refractivity contribution in [1.82, 2.24) is 0 Å². The molecule has 0 amide bonds. The summed E-state index contributed by atoms with van der Waals surface area (Å²) in [7, 11) is 0. The zero-order chi connectivity index (χ0) is 41.9. The lowest BCUT2D eigenvalue weighted by molar-refractivity contribution is 0.668. The van der Waals surface area contributed by atoms with Crippen LogP contribution in [0.15, 0.2) is 233 Å². The van der Waals surface area contributed by atoms with Gasteiger partial charge in [0.15, 0.2) is 0 Å². The normalized spacial score (nSPS) is 14.6. The van der Waals surface area contributed by atoms with E-state index in [0.717, 1.165) is 60.9 Å². The van der Waals surface area contributed by atoms with E-state index in [1.165, 1.54) is 66.8 Å². The molecule has 0 fully saturated rings. The average molecular weight is 816 g/mol. The molecular formula is C61H37NO2. The minimum atomic E-state index is -0.640. The predicted molar refractivity (Wildman–Crippen MR) is 263 cm³/mol. The Morgan fingerprint density at radius 3 is 1.45 bits per heavy atom. The number of anilines is 3. The minimum Gasteiger partial charge on any atom is -0.456 e. The van der Waals surface area contributed by atoms with Gasteiger partial charge in [-0.1, -0.05) is 158 Å². The van der Waals surface area contributed by atoms with E-state index in [1.54, 1.807) is 0 Å². The van der Waals surface area contributed by atoms with Gasteiger partial charge in [0.25, 0.3) is 0 Å². The maximum atomic E-state index is 6.58. The van der Waals surface area contributed by atoms with Crippen molar-refractivity contribution in [3.05, 3.63) is 247 Å². The summed E-state index contributed by atoms with van der Waals surface area (Å²) in [6.07, 6.45) is 0. The Kier molecular flexibility index (Phi) is 7.32. The third kappa shape index (κ3) is 4.86. The highest BCUT2D eigenvalue weighted by atomic mass is 16.3. The lowest BCUT2D eigenvalue weighted by Crippen LogP contribution is -2.29. The van der Waals surface area contributed by atoms with Crippen molar-refractivity contribution in [3.63, 3.8) is 0 Å². The predicted octanol–water partition coefficient (Wildman–Crippen LogP) is 16.6. The van der Waals surface area contributed by atoms with Gasteiger partial charge in [-0.05, 0) is 133 Å². The summed E-state index contributed by atoms with van der Waals surface area (Å²) in [5, 5.41) is 4.45. The fourth-order valence-electron chi connectivity index (χ4n) is 11.2. The molecule has 2 heterocycles. The maximum absolute atomic E-state index is 6.58. The molecule has 0 saturated heterocycles. The van der Waals surface area contributed by atoms with E-state index in [9.17, 15) is 0 Å². The maximum Gasteiger partial charge on any atom is 0.136 e. The quantitative estimate of drug-likeness (QED) is 0.177. The van der Waals surface area contributed by atoms with Crippen LogP contribution in [0.2, 0.25) is 0 Å². The first kappa shape index (κ1) is 35.2. The first-order valence-electron chi connectivity index (χ1n) is 22.0. The molecule has 0 saturated carbocycles. The lowest BCUT2D eigenvalue weighted by Gasteiger charge is -2.36. The fourth-order valence-corrected chi connectivity index (χ4v) is 11.2. The average Bonchev–Trinajstić information content (AvgIpc) is 3.99. The van der Waals surface area contributed by atoms with Crippen LogP contribution in [0.25, 0.3) is 88.4 Å². The van der Waals surface area contributed by atoms with Gasteiger partial charge in [0.1, 0.15) is 22.3 Å². The molecule has 1 atom stereocenters. The number of benzene rings is 10. The highest BCUT2D eigenvalue weighted by Gasteiger charge is 2.50. The SMILES string of the molecule is c1ccc(-c2ccc(N(c3ccc4c(c3)-c3ccccc3-c3ccccc3C43c4ccccc4-c4cc5oc6ccccc6c5cc43)c3ccc4oc5ccccc5c4c3)cc2)cc1. The molecule has 2 aromatic heterocycles. The molecule has 0 radical (unpaired) electrons. The van der Waals surface area contributed by atoms with Crippen LogP contribution in [0, 0.1) is 0 Å². The van der Waals surface area contributed by atoms with Crippen LogP contribution in [-0.4, -0.2) is 0 Å². The van der Waals surface area contributed by atoms with Crippen molar-refractivity contribution in [2.24, 2.45) is 0 Å². The van der Waals surface area contributed by atoms with Gasteiger partial charge in [0.05, 0.1) is 5.41 Å². The van der Waals surface area contributed by atoms with E-state index in [1.807, 2.05) is 12.1 Å². The lowest BCUT2D eigenvalue weighted by atomic mass is 9.65. The van der Waals surface area contributed by atoms with Crippen molar-refractivity contribution in [1.29, 1.82) is 0 Å². The highest BCUT2D eigenvalue weighted by Crippen LogP contribution is 2.62. The molecule has 0 aliphatic heterocycles. The van der Waals surface area contributed by atoms with Crippen LogP contribution < -0.4 is 4.90 Å². The van der Waals surface area contributed by atoms with Crippen molar-refractivity contribution >= 4 is 60.9 Å². The number of hydrogen-bond acceptors (Lipinski definition) is 3. The van der Waals surface area contributed by atoms with Gasteiger partial charge in [0, 0.05) is 38.6 Å². The largest absolute Gasteiger partial charge is 0.456 e. The van der Waals surface area contributed by atoms with Crippen LogP contribution in [0.3, 0.4) is 0 Å². The third-order valence-corrected chi connectivity index (χ3v) is 13.9. The first-order chi connectivity index (χ1) is 31.7. The summed E-state index contributed by atoms with van der Waals surface area (Å²) in [5.41, 5.74) is 20.9. The van der Waals surface area contributed by atoms with Gasteiger partial charge < -0.3 is 13.7 Å². The molecular weight excluding hydrogens is 779 g/mol. The third-order valence-electron chi connectivity index (χ3n) is 13.9. The summed E-state index contributed by atoms with van der Waals surface area (Å²) < 4.78 is 12.9. The summed E-state index contributed by atoms with van der Waals surface area (Å²) in [6, 6.07) is 81.9. The summed E-state index contributed by atoms with van der Waals surface area (Å²) in [5.74, 6) is 0. The van der Waals surface area contributed by atoms with E-state index < -0.39 is 5.41 Å². The fraction of sp³-hybridized carbons (Fsp3) is 0.0164. The van der Waals surface area contributed by atoms with Crippen molar-refractivity contribution in [2.75, 3.05) is 4.90 Å². The highest BCUT2D eigenvalue weighted by molar-refractivity contribution is 6.10. The smallest absolute Gasteiger partial charge is 0.136 e. The zero-order valence-electron chi connectivity index (χ0n) is 34.6. The number of nitrogens with zero attached hydrogens (tertiary/aromatic N) is 1. The molecule has 10 aromatic carbocycles. The molecule has 3 heteroatoms. The Morgan fingerprint density at radius 1 is 0.266 bits per heavy atom. The van der Waals surface area contributed by atoms with Crippen LogP contribution in [-0.2, 0) is 5.41 Å². The van der Waals surface area contributed by atoms with E-state index in [0.29, 0.717) is 0 Å². The molecule has 0 bridgehead atoms. The van der Waals surface area contributed by atoms with Gasteiger partial charge in [-0.2, -0.15) is 0 Å². The van der Waals surface area contributed by atoms with Crippen LogP contribution >= 0.6 is 0 Å². The van der Waals surface area contributed by atoms with Gasteiger partial charge in [-0.25, -0.2) is 0 Å². The molecule has 1 unspecified atom stereocenters. The second-order valence-corrected chi connectivity index (χ2v) is 17.1. The van der Waals surface area contributed by atoms with Gasteiger partial charge in [0.2, 0.25) is 0 Å². The summed E-state index contributed by atoms with van der Waals surface area (Å²) in [6.45, 7) is 0. The molecule has 12 aromatic rings. The second kappa shape index (κ2) is 13.3. The number of furan rings is 2. The second-order valence-electron chi connectivity index (χ2n) is 17.1. The Balaban J connectivity index is 1.07. The van der Waals surface area contributed by atoms with E-state index in [2.05, 4.69) is 217 Å².